The fourth-order valence-corrected chi connectivity index (χ4v) is 2.88. The summed E-state index contributed by atoms with van der Waals surface area (Å²) in [5, 5.41) is 17.8. The summed E-state index contributed by atoms with van der Waals surface area (Å²) in [6.07, 6.45) is -0.675. The van der Waals surface area contributed by atoms with Gasteiger partial charge in [-0.05, 0) is 29.8 Å². The van der Waals surface area contributed by atoms with Crippen LogP contribution in [0.3, 0.4) is 0 Å². The zero-order chi connectivity index (χ0) is 25.5. The summed E-state index contributed by atoms with van der Waals surface area (Å²) in [7, 11) is 1.03. The first kappa shape index (κ1) is 24.8. The molecule has 0 spiro atoms. The molecule has 12 heteroatoms. The molecule has 0 aliphatic rings. The zero-order valence-electron chi connectivity index (χ0n) is 18.1. The van der Waals surface area contributed by atoms with Gasteiger partial charge in [-0.25, -0.2) is 19.2 Å². The molecule has 0 saturated carbocycles. The number of rotatable bonds is 10. The van der Waals surface area contributed by atoms with Crippen molar-refractivity contribution in [2.24, 2.45) is 0 Å². The van der Waals surface area contributed by atoms with Crippen molar-refractivity contribution in [2.45, 2.75) is 6.10 Å². The Hall–Kier alpha value is -4.87. The highest BCUT2D eigenvalue weighted by Crippen LogP contribution is 2.25. The maximum absolute atomic E-state index is 12.9. The maximum atomic E-state index is 12.9. The molecule has 0 amide bonds. The first-order valence-electron chi connectivity index (χ1n) is 9.83. The molecule has 35 heavy (non-hydrogen) atoms. The van der Waals surface area contributed by atoms with Crippen molar-refractivity contribution in [3.8, 4) is 22.6 Å². The summed E-state index contributed by atoms with van der Waals surface area (Å²) in [5.41, 5.74) is 0.423. The van der Waals surface area contributed by atoms with Gasteiger partial charge in [-0.15, -0.1) is 0 Å². The first-order chi connectivity index (χ1) is 16.7. The van der Waals surface area contributed by atoms with E-state index in [2.05, 4.69) is 9.47 Å². The van der Waals surface area contributed by atoms with Gasteiger partial charge in [0.1, 0.15) is 23.3 Å². The van der Waals surface area contributed by atoms with Crippen LogP contribution in [-0.2, 0) is 28.7 Å². The Labute approximate surface area is 196 Å². The minimum Gasteiger partial charge on any atom is -0.482 e. The molecule has 12 nitrogen and oxygen atoms in total. The zero-order valence-corrected chi connectivity index (χ0v) is 18.1. The third-order valence-corrected chi connectivity index (χ3v) is 4.52. The number of carboxylic acid groups (broad SMARTS) is 2. The van der Waals surface area contributed by atoms with Crippen molar-refractivity contribution in [3.63, 3.8) is 0 Å². The monoisotopic (exact) mass is 486 g/mol. The van der Waals surface area contributed by atoms with E-state index in [1.165, 1.54) is 36.6 Å². The second kappa shape index (κ2) is 10.8. The number of ether oxygens (including phenoxy) is 4. The molecule has 2 aromatic carbocycles. The minimum absolute atomic E-state index is 0.0189. The molecular weight excluding hydrogens is 468 g/mol. The van der Waals surface area contributed by atoms with Crippen LogP contribution in [0.4, 0.5) is 0 Å². The van der Waals surface area contributed by atoms with Crippen LogP contribution in [0.5, 0.6) is 11.5 Å². The average molecular weight is 486 g/mol. The van der Waals surface area contributed by atoms with E-state index >= 15 is 0 Å². The molecule has 0 aliphatic heterocycles. The van der Waals surface area contributed by atoms with Crippen molar-refractivity contribution in [1.29, 1.82) is 0 Å². The van der Waals surface area contributed by atoms with Crippen molar-refractivity contribution in [3.05, 3.63) is 59.0 Å². The number of fused-ring (bicyclic) bond motifs is 1. The molecule has 3 rings (SSSR count). The third kappa shape index (κ3) is 6.13. The number of aliphatic carboxylic acids is 2. The average Bonchev–Trinajstić information content (AvgIpc) is 2.84. The number of carbonyl (C=O) groups excluding carboxylic acids is 2. The van der Waals surface area contributed by atoms with Crippen molar-refractivity contribution >= 4 is 34.8 Å². The Bertz CT molecular complexity index is 1320. The number of carboxylic acids is 2. The van der Waals surface area contributed by atoms with Crippen LogP contribution in [0.15, 0.2) is 57.9 Å². The normalized spacial score (nSPS) is 11.3. The van der Waals surface area contributed by atoms with Crippen LogP contribution in [0.25, 0.3) is 22.1 Å². The molecule has 0 saturated heterocycles. The topological polar surface area (TPSA) is 176 Å². The summed E-state index contributed by atoms with van der Waals surface area (Å²) < 4.78 is 24.8. The lowest BCUT2D eigenvalue weighted by Gasteiger charge is -2.13. The highest BCUT2D eigenvalue weighted by atomic mass is 16.6. The molecule has 0 bridgehead atoms. The molecule has 0 unspecified atom stereocenters. The number of methoxy groups -OCH3 is 1. The van der Waals surface area contributed by atoms with E-state index in [1.54, 1.807) is 12.1 Å². The van der Waals surface area contributed by atoms with Crippen LogP contribution in [0.1, 0.15) is 0 Å². The summed E-state index contributed by atoms with van der Waals surface area (Å²) in [6, 6.07) is 10.1. The lowest BCUT2D eigenvalue weighted by Crippen LogP contribution is -2.36. The van der Waals surface area contributed by atoms with Crippen LogP contribution in [0.2, 0.25) is 0 Å². The van der Waals surface area contributed by atoms with E-state index in [4.69, 9.17) is 24.1 Å². The smallest absolute Gasteiger partial charge is 0.359 e. The number of esters is 2. The largest absolute Gasteiger partial charge is 0.482 e. The molecule has 3 aromatic rings. The van der Waals surface area contributed by atoms with E-state index in [0.29, 0.717) is 5.56 Å². The van der Waals surface area contributed by atoms with Gasteiger partial charge < -0.3 is 33.6 Å². The van der Waals surface area contributed by atoms with Gasteiger partial charge in [-0.3, -0.25) is 4.79 Å². The van der Waals surface area contributed by atoms with Gasteiger partial charge in [-0.1, -0.05) is 12.1 Å². The summed E-state index contributed by atoms with van der Waals surface area (Å²) in [4.78, 5) is 57.5. The second-order valence-corrected chi connectivity index (χ2v) is 6.86. The molecule has 1 atom stereocenters. The van der Waals surface area contributed by atoms with Crippen molar-refractivity contribution < 1.29 is 52.8 Å². The summed E-state index contributed by atoms with van der Waals surface area (Å²) in [5.74, 6) is -4.51. The predicted octanol–water partition coefficient (Wildman–Crippen LogP) is 1.47. The van der Waals surface area contributed by atoms with E-state index in [1.807, 2.05) is 0 Å². The lowest BCUT2D eigenvalue weighted by atomic mass is 10.1. The van der Waals surface area contributed by atoms with Crippen LogP contribution < -0.4 is 14.9 Å². The fourth-order valence-electron chi connectivity index (χ4n) is 2.88. The van der Waals surface area contributed by atoms with Crippen molar-refractivity contribution in [2.75, 3.05) is 20.3 Å². The van der Waals surface area contributed by atoms with E-state index < -0.39 is 43.2 Å². The van der Waals surface area contributed by atoms with Crippen molar-refractivity contribution in [1.82, 2.24) is 0 Å². The minimum atomic E-state index is -1.89. The number of carbonyl (C=O) groups is 4. The molecule has 0 aliphatic carbocycles. The lowest BCUT2D eigenvalue weighted by molar-refractivity contribution is -0.161. The third-order valence-electron chi connectivity index (χ3n) is 4.52. The summed E-state index contributed by atoms with van der Waals surface area (Å²) >= 11 is 0. The SMILES string of the molecule is COC(=O)[C@H](Oc1ccc2c(=O)c(-c3ccc(OCC(=O)OCC(=O)O)cc3)coc2c1)C(=O)O. The van der Waals surface area contributed by atoms with Gasteiger partial charge in [-0.2, -0.15) is 0 Å². The molecular formula is C23H18O12. The van der Waals surface area contributed by atoms with Gasteiger partial charge in [0.15, 0.2) is 18.6 Å². The maximum Gasteiger partial charge on any atom is 0.359 e. The predicted molar refractivity (Wildman–Crippen MR) is 116 cm³/mol. The molecule has 1 aromatic heterocycles. The van der Waals surface area contributed by atoms with Crippen LogP contribution in [-0.4, -0.2) is 60.5 Å². The Morgan fingerprint density at radius 1 is 0.971 bits per heavy atom. The number of hydrogen-bond donors (Lipinski definition) is 2. The molecule has 0 radical (unpaired) electrons. The van der Waals surface area contributed by atoms with E-state index in [0.717, 1.165) is 7.11 Å². The fraction of sp³-hybridized carbons (Fsp3) is 0.174. The van der Waals surface area contributed by atoms with Crippen LogP contribution >= 0.6 is 0 Å². The van der Waals surface area contributed by atoms with Crippen LogP contribution in [0, 0.1) is 0 Å². The molecule has 182 valence electrons. The van der Waals surface area contributed by atoms with Gasteiger partial charge in [0.25, 0.3) is 6.10 Å². The van der Waals surface area contributed by atoms with Gasteiger partial charge in [0, 0.05) is 6.07 Å². The van der Waals surface area contributed by atoms with Gasteiger partial charge >= 0.3 is 23.9 Å². The first-order valence-corrected chi connectivity index (χ1v) is 9.83. The highest BCUT2D eigenvalue weighted by Gasteiger charge is 2.29. The Morgan fingerprint density at radius 2 is 1.66 bits per heavy atom. The Morgan fingerprint density at radius 3 is 2.29 bits per heavy atom. The second-order valence-electron chi connectivity index (χ2n) is 6.86. The molecule has 2 N–H and O–H groups in total. The summed E-state index contributed by atoms with van der Waals surface area (Å²) in [6.45, 7) is -1.26. The standard InChI is InChI=1S/C23H18O12/c1-31-23(30)21(22(28)29)35-14-6-7-15-17(8-14)33-9-16(20(15)27)12-2-4-13(5-3-12)32-11-19(26)34-10-18(24)25/h2-9,21H,10-11H2,1H3,(H,24,25)(H,28,29)/t21-/m1/s1. The highest BCUT2D eigenvalue weighted by molar-refractivity contribution is 5.97. The van der Waals surface area contributed by atoms with E-state index in [9.17, 15) is 24.0 Å². The van der Waals surface area contributed by atoms with Gasteiger partial charge in [0.05, 0.1) is 18.1 Å². The van der Waals surface area contributed by atoms with E-state index in [-0.39, 0.29) is 33.5 Å². The Balaban J connectivity index is 1.76. The Kier molecular flexibility index (Phi) is 7.66. The number of hydrogen-bond acceptors (Lipinski definition) is 10. The molecule has 1 heterocycles. The number of benzene rings is 2. The molecule has 0 fully saturated rings. The van der Waals surface area contributed by atoms with Gasteiger partial charge in [0.2, 0.25) is 0 Å². The quantitative estimate of drug-likeness (QED) is 0.312.